The molecular formula is C19H32N4O. The zero-order valence-corrected chi connectivity index (χ0v) is 15.1. The highest BCUT2D eigenvalue weighted by Gasteiger charge is 2.39. The number of H-pyrrole nitrogens is 1. The van der Waals surface area contributed by atoms with E-state index < -0.39 is 0 Å². The van der Waals surface area contributed by atoms with Crippen molar-refractivity contribution in [3.8, 4) is 0 Å². The van der Waals surface area contributed by atoms with E-state index in [2.05, 4.69) is 27.5 Å². The Bertz CT molecular complexity index is 544. The van der Waals surface area contributed by atoms with Crippen molar-refractivity contribution in [3.05, 3.63) is 17.0 Å². The number of nitrogens with one attached hydrogen (secondary N) is 2. The van der Waals surface area contributed by atoms with Crippen LogP contribution in [0.5, 0.6) is 0 Å². The smallest absolute Gasteiger partial charge is 0.0797 e. The van der Waals surface area contributed by atoms with Crippen LogP contribution in [0.2, 0.25) is 0 Å². The molecule has 1 unspecified atom stereocenters. The van der Waals surface area contributed by atoms with Gasteiger partial charge in [-0.15, -0.1) is 0 Å². The van der Waals surface area contributed by atoms with Gasteiger partial charge in [-0.05, 0) is 77.1 Å². The van der Waals surface area contributed by atoms with Gasteiger partial charge in [-0.2, -0.15) is 5.10 Å². The maximum absolute atomic E-state index is 6.24. The summed E-state index contributed by atoms with van der Waals surface area (Å²) in [6, 6.07) is 0.620. The molecule has 1 aromatic rings. The molecule has 0 bridgehead atoms. The highest BCUT2D eigenvalue weighted by Crippen LogP contribution is 2.35. The number of ether oxygens (including phenoxy) is 1. The first-order chi connectivity index (χ1) is 11.8. The molecular weight excluding hydrogens is 300 g/mol. The first kappa shape index (κ1) is 16.6. The van der Waals surface area contributed by atoms with Crippen molar-refractivity contribution in [1.29, 1.82) is 0 Å². The van der Waals surface area contributed by atoms with Crippen LogP contribution in [0, 0.1) is 0 Å². The van der Waals surface area contributed by atoms with E-state index in [0.29, 0.717) is 6.04 Å². The first-order valence-electron chi connectivity index (χ1n) is 9.86. The Hall–Kier alpha value is -0.910. The van der Waals surface area contributed by atoms with Crippen LogP contribution in [0.4, 0.5) is 0 Å². The Morgan fingerprint density at radius 1 is 1.21 bits per heavy atom. The summed E-state index contributed by atoms with van der Waals surface area (Å²) in [5.41, 5.74) is 4.34. The number of aromatic amines is 1. The molecule has 0 amide bonds. The van der Waals surface area contributed by atoms with Gasteiger partial charge in [-0.25, -0.2) is 0 Å². The standard InChI is InChI=1S/C19H32N4O/c1-23(14-18-16-5-3-2-4-6-17(16)21-22-18)15-7-12-24-19(13-15)8-10-20-11-9-19/h15,20H,2-14H2,1H3,(H,21,22). The van der Waals surface area contributed by atoms with Gasteiger partial charge in [0.05, 0.1) is 11.3 Å². The van der Waals surface area contributed by atoms with Gasteiger partial charge in [0.25, 0.3) is 0 Å². The van der Waals surface area contributed by atoms with E-state index in [0.717, 1.165) is 45.5 Å². The summed E-state index contributed by atoms with van der Waals surface area (Å²) in [5, 5.41) is 11.5. The molecule has 1 aliphatic carbocycles. The molecule has 5 heteroatoms. The largest absolute Gasteiger partial charge is 0.375 e. The topological polar surface area (TPSA) is 53.2 Å². The molecule has 1 atom stereocenters. The van der Waals surface area contributed by atoms with Crippen LogP contribution in [0.15, 0.2) is 0 Å². The van der Waals surface area contributed by atoms with Gasteiger partial charge < -0.3 is 10.1 Å². The minimum absolute atomic E-state index is 0.130. The Morgan fingerprint density at radius 2 is 2.04 bits per heavy atom. The van der Waals surface area contributed by atoms with Crippen LogP contribution in [0.25, 0.3) is 0 Å². The Kier molecular flexibility index (Phi) is 4.93. The van der Waals surface area contributed by atoms with Crippen LogP contribution in [0.3, 0.4) is 0 Å². The predicted molar refractivity (Wildman–Crippen MR) is 95.1 cm³/mol. The van der Waals surface area contributed by atoms with E-state index in [1.807, 2.05) is 0 Å². The Balaban J connectivity index is 1.42. The summed E-state index contributed by atoms with van der Waals surface area (Å²) < 4.78 is 6.24. The highest BCUT2D eigenvalue weighted by atomic mass is 16.5. The lowest BCUT2D eigenvalue weighted by Gasteiger charge is -2.46. The number of hydrogen-bond acceptors (Lipinski definition) is 4. The number of rotatable bonds is 3. The fraction of sp³-hybridized carbons (Fsp3) is 0.842. The average molecular weight is 332 g/mol. The second kappa shape index (κ2) is 7.14. The molecule has 3 aliphatic rings. The van der Waals surface area contributed by atoms with Gasteiger partial charge in [0.1, 0.15) is 0 Å². The van der Waals surface area contributed by atoms with Gasteiger partial charge in [0.2, 0.25) is 0 Å². The molecule has 2 saturated heterocycles. The second-order valence-electron chi connectivity index (χ2n) is 8.03. The molecule has 3 heterocycles. The molecule has 5 nitrogen and oxygen atoms in total. The van der Waals surface area contributed by atoms with E-state index in [1.165, 1.54) is 55.5 Å². The van der Waals surface area contributed by atoms with Crippen LogP contribution in [-0.2, 0) is 24.1 Å². The summed E-state index contributed by atoms with van der Waals surface area (Å²) in [5.74, 6) is 0. The number of piperidine rings is 1. The van der Waals surface area contributed by atoms with Crippen LogP contribution >= 0.6 is 0 Å². The third-order valence-electron chi connectivity index (χ3n) is 6.40. The minimum atomic E-state index is 0.130. The van der Waals surface area contributed by atoms with Gasteiger partial charge in [0.15, 0.2) is 0 Å². The minimum Gasteiger partial charge on any atom is -0.375 e. The number of hydrogen-bond donors (Lipinski definition) is 2. The molecule has 2 N–H and O–H groups in total. The van der Waals surface area contributed by atoms with E-state index in [4.69, 9.17) is 4.74 Å². The summed E-state index contributed by atoms with van der Waals surface area (Å²) in [6.07, 6.45) is 11.0. The molecule has 2 fully saturated rings. The third kappa shape index (κ3) is 3.39. The second-order valence-corrected chi connectivity index (χ2v) is 8.03. The molecule has 134 valence electrons. The molecule has 0 saturated carbocycles. The average Bonchev–Trinajstić information content (AvgIpc) is 2.82. The van der Waals surface area contributed by atoms with Crippen molar-refractivity contribution in [2.24, 2.45) is 0 Å². The first-order valence-corrected chi connectivity index (χ1v) is 9.86. The Labute approximate surface area is 145 Å². The number of fused-ring (bicyclic) bond motifs is 1. The zero-order valence-electron chi connectivity index (χ0n) is 15.1. The van der Waals surface area contributed by atoms with Crippen molar-refractivity contribution in [2.75, 3.05) is 26.7 Å². The summed E-state index contributed by atoms with van der Waals surface area (Å²) in [7, 11) is 2.28. The summed E-state index contributed by atoms with van der Waals surface area (Å²) in [6.45, 7) is 4.09. The lowest BCUT2D eigenvalue weighted by atomic mass is 9.82. The maximum Gasteiger partial charge on any atom is 0.0797 e. The molecule has 1 aromatic heterocycles. The molecule has 0 radical (unpaired) electrons. The monoisotopic (exact) mass is 332 g/mol. The van der Waals surface area contributed by atoms with E-state index >= 15 is 0 Å². The highest BCUT2D eigenvalue weighted by molar-refractivity contribution is 5.26. The number of nitrogens with zero attached hydrogens (tertiary/aromatic N) is 2. The van der Waals surface area contributed by atoms with Gasteiger partial charge in [-0.3, -0.25) is 10.00 Å². The van der Waals surface area contributed by atoms with Crippen molar-refractivity contribution in [2.45, 2.75) is 76.0 Å². The molecule has 1 spiro atoms. The Morgan fingerprint density at radius 3 is 2.92 bits per heavy atom. The third-order valence-corrected chi connectivity index (χ3v) is 6.40. The maximum atomic E-state index is 6.24. The molecule has 0 aromatic carbocycles. The summed E-state index contributed by atoms with van der Waals surface area (Å²) >= 11 is 0. The number of aryl methyl sites for hydroxylation is 1. The van der Waals surface area contributed by atoms with E-state index in [1.54, 1.807) is 0 Å². The quantitative estimate of drug-likeness (QED) is 0.835. The number of aromatic nitrogens is 2. The van der Waals surface area contributed by atoms with Crippen molar-refractivity contribution < 1.29 is 4.74 Å². The fourth-order valence-corrected chi connectivity index (χ4v) is 4.83. The normalized spacial score (nSPS) is 27.2. The predicted octanol–water partition coefficient (Wildman–Crippen LogP) is 2.41. The van der Waals surface area contributed by atoms with Crippen molar-refractivity contribution in [3.63, 3.8) is 0 Å². The lowest BCUT2D eigenvalue weighted by Crippen LogP contribution is -2.52. The lowest BCUT2D eigenvalue weighted by molar-refractivity contribution is -0.119. The van der Waals surface area contributed by atoms with Crippen LogP contribution < -0.4 is 5.32 Å². The fourth-order valence-electron chi connectivity index (χ4n) is 4.83. The van der Waals surface area contributed by atoms with Crippen molar-refractivity contribution >= 4 is 0 Å². The van der Waals surface area contributed by atoms with Gasteiger partial charge in [-0.1, -0.05) is 6.42 Å². The van der Waals surface area contributed by atoms with Crippen LogP contribution in [0.1, 0.15) is 61.9 Å². The molecule has 4 rings (SSSR count). The zero-order chi connectivity index (χ0) is 16.4. The van der Waals surface area contributed by atoms with Crippen LogP contribution in [-0.4, -0.2) is 53.5 Å². The molecule has 2 aliphatic heterocycles. The molecule has 24 heavy (non-hydrogen) atoms. The SMILES string of the molecule is CN(Cc1n[nH]c2c1CCCCC2)C1CCOC2(CCNCC2)C1. The van der Waals surface area contributed by atoms with E-state index in [9.17, 15) is 0 Å². The summed E-state index contributed by atoms with van der Waals surface area (Å²) in [4.78, 5) is 2.54. The van der Waals surface area contributed by atoms with Crippen molar-refractivity contribution in [1.82, 2.24) is 20.4 Å². The van der Waals surface area contributed by atoms with Gasteiger partial charge in [0, 0.05) is 24.9 Å². The van der Waals surface area contributed by atoms with Gasteiger partial charge >= 0.3 is 0 Å². The van der Waals surface area contributed by atoms with E-state index in [-0.39, 0.29) is 5.60 Å².